The van der Waals surface area contributed by atoms with Crippen molar-refractivity contribution in [3.05, 3.63) is 35.8 Å². The van der Waals surface area contributed by atoms with Crippen molar-refractivity contribution in [2.75, 3.05) is 0 Å². The van der Waals surface area contributed by atoms with E-state index in [0.717, 1.165) is 4.88 Å². The average molecular weight is 280 g/mol. The van der Waals surface area contributed by atoms with Crippen molar-refractivity contribution < 1.29 is 13.2 Å². The summed E-state index contributed by atoms with van der Waals surface area (Å²) in [5, 5.41) is 8.69. The molecule has 3 aromatic heterocycles. The van der Waals surface area contributed by atoms with Crippen LogP contribution in [0.5, 0.6) is 0 Å². The maximum Gasteiger partial charge on any atom is 0.314 e. The van der Waals surface area contributed by atoms with Crippen LogP contribution in [0.4, 0.5) is 8.78 Å². The quantitative estimate of drug-likeness (QED) is 0.737. The van der Waals surface area contributed by atoms with E-state index in [-0.39, 0.29) is 5.89 Å². The van der Waals surface area contributed by atoms with Gasteiger partial charge >= 0.3 is 6.43 Å². The molecule has 3 aromatic rings. The summed E-state index contributed by atoms with van der Waals surface area (Å²) in [6.45, 7) is 0. The van der Waals surface area contributed by atoms with E-state index in [1.807, 2.05) is 17.5 Å². The molecule has 0 spiro atoms. The summed E-state index contributed by atoms with van der Waals surface area (Å²) in [6, 6.07) is 3.78. The molecule has 0 aliphatic carbocycles. The predicted octanol–water partition coefficient (Wildman–Crippen LogP) is 3.19. The zero-order chi connectivity index (χ0) is 13.2. The van der Waals surface area contributed by atoms with E-state index in [0.29, 0.717) is 11.4 Å². The molecule has 0 fully saturated rings. The molecule has 3 heterocycles. The van der Waals surface area contributed by atoms with Crippen LogP contribution in [0.1, 0.15) is 12.3 Å². The van der Waals surface area contributed by atoms with Crippen molar-refractivity contribution in [3.8, 4) is 22.2 Å². The van der Waals surface area contributed by atoms with E-state index < -0.39 is 12.3 Å². The standard InChI is InChI=1S/C11H6F2N4OS/c12-8(13)11-17-16-10(18-11)6-4-14-9(15-5-6)7-2-1-3-19-7/h1-5,8H. The second-order valence-electron chi connectivity index (χ2n) is 3.52. The number of halogens is 2. The monoisotopic (exact) mass is 280 g/mol. The van der Waals surface area contributed by atoms with Crippen LogP contribution in [0.2, 0.25) is 0 Å². The second-order valence-corrected chi connectivity index (χ2v) is 4.47. The highest BCUT2D eigenvalue weighted by molar-refractivity contribution is 7.13. The molecule has 0 aliphatic rings. The van der Waals surface area contributed by atoms with Crippen molar-refractivity contribution in [3.63, 3.8) is 0 Å². The van der Waals surface area contributed by atoms with Crippen LogP contribution in [-0.4, -0.2) is 20.2 Å². The first kappa shape index (κ1) is 11.8. The average Bonchev–Trinajstić information content (AvgIpc) is 3.11. The third-order valence-corrected chi connectivity index (χ3v) is 3.13. The molecular weight excluding hydrogens is 274 g/mol. The summed E-state index contributed by atoms with van der Waals surface area (Å²) < 4.78 is 29.5. The van der Waals surface area contributed by atoms with Gasteiger partial charge in [-0.1, -0.05) is 6.07 Å². The van der Waals surface area contributed by atoms with Crippen LogP contribution >= 0.6 is 11.3 Å². The molecule has 19 heavy (non-hydrogen) atoms. The Balaban J connectivity index is 1.89. The topological polar surface area (TPSA) is 64.7 Å². The highest BCUT2D eigenvalue weighted by Gasteiger charge is 2.17. The summed E-state index contributed by atoms with van der Waals surface area (Å²) in [5.41, 5.74) is 0.403. The van der Waals surface area contributed by atoms with Crippen LogP contribution < -0.4 is 0 Å². The summed E-state index contributed by atoms with van der Waals surface area (Å²) in [4.78, 5) is 9.19. The number of aromatic nitrogens is 4. The fourth-order valence-corrected chi connectivity index (χ4v) is 2.08. The number of thiophene rings is 1. The van der Waals surface area contributed by atoms with E-state index in [2.05, 4.69) is 20.2 Å². The van der Waals surface area contributed by atoms with Gasteiger partial charge < -0.3 is 4.42 Å². The highest BCUT2D eigenvalue weighted by atomic mass is 32.1. The van der Waals surface area contributed by atoms with Crippen LogP contribution in [0, 0.1) is 0 Å². The number of nitrogens with zero attached hydrogens (tertiary/aromatic N) is 4. The Kier molecular flexibility index (Phi) is 3.00. The maximum absolute atomic E-state index is 12.3. The van der Waals surface area contributed by atoms with Crippen LogP contribution in [0.15, 0.2) is 34.3 Å². The predicted molar refractivity (Wildman–Crippen MR) is 63.6 cm³/mol. The van der Waals surface area contributed by atoms with Gasteiger partial charge in [0, 0.05) is 12.4 Å². The lowest BCUT2D eigenvalue weighted by atomic mass is 10.3. The lowest BCUT2D eigenvalue weighted by Gasteiger charge is -1.97. The molecule has 0 radical (unpaired) electrons. The molecular formula is C11H6F2N4OS. The van der Waals surface area contributed by atoms with E-state index in [1.54, 1.807) is 0 Å². The van der Waals surface area contributed by atoms with Crippen LogP contribution in [0.25, 0.3) is 22.2 Å². The number of rotatable bonds is 3. The van der Waals surface area contributed by atoms with Gasteiger partial charge in [0.25, 0.3) is 11.8 Å². The van der Waals surface area contributed by atoms with Crippen molar-refractivity contribution in [1.29, 1.82) is 0 Å². The maximum atomic E-state index is 12.3. The molecule has 0 N–H and O–H groups in total. The molecule has 0 saturated heterocycles. The van der Waals surface area contributed by atoms with Crippen molar-refractivity contribution in [1.82, 2.24) is 20.2 Å². The number of hydrogen-bond donors (Lipinski definition) is 0. The number of alkyl halides is 2. The minimum Gasteiger partial charge on any atom is -0.415 e. The van der Waals surface area contributed by atoms with Gasteiger partial charge in [0.15, 0.2) is 5.82 Å². The third kappa shape index (κ3) is 2.34. The van der Waals surface area contributed by atoms with Crippen LogP contribution in [-0.2, 0) is 0 Å². The zero-order valence-corrected chi connectivity index (χ0v) is 10.1. The van der Waals surface area contributed by atoms with Crippen LogP contribution in [0.3, 0.4) is 0 Å². The highest BCUT2D eigenvalue weighted by Crippen LogP contribution is 2.24. The summed E-state index contributed by atoms with van der Waals surface area (Å²) in [7, 11) is 0. The Hall–Kier alpha value is -2.22. The first-order valence-corrected chi connectivity index (χ1v) is 6.10. The van der Waals surface area contributed by atoms with Gasteiger partial charge in [-0.3, -0.25) is 0 Å². The zero-order valence-electron chi connectivity index (χ0n) is 9.33. The van der Waals surface area contributed by atoms with Crippen molar-refractivity contribution in [2.45, 2.75) is 6.43 Å². The Bertz CT molecular complexity index is 666. The molecule has 0 saturated carbocycles. The van der Waals surface area contributed by atoms with E-state index >= 15 is 0 Å². The molecule has 0 unspecified atom stereocenters. The molecule has 0 atom stereocenters. The Labute approximate surface area is 110 Å². The van der Waals surface area contributed by atoms with E-state index in [4.69, 9.17) is 4.42 Å². The van der Waals surface area contributed by atoms with E-state index in [9.17, 15) is 8.78 Å². The van der Waals surface area contributed by atoms with Gasteiger partial charge in [0.2, 0.25) is 0 Å². The normalized spacial score (nSPS) is 11.1. The second kappa shape index (κ2) is 4.81. The lowest BCUT2D eigenvalue weighted by Crippen LogP contribution is -1.87. The molecule has 5 nitrogen and oxygen atoms in total. The number of hydrogen-bond acceptors (Lipinski definition) is 6. The van der Waals surface area contributed by atoms with Crippen molar-refractivity contribution in [2.24, 2.45) is 0 Å². The first-order valence-electron chi connectivity index (χ1n) is 5.22. The molecule has 8 heteroatoms. The SMILES string of the molecule is FC(F)c1nnc(-c2cnc(-c3cccs3)nc2)o1. The summed E-state index contributed by atoms with van der Waals surface area (Å²) in [5.74, 6) is -0.169. The summed E-state index contributed by atoms with van der Waals surface area (Å²) >= 11 is 1.51. The van der Waals surface area contributed by atoms with Gasteiger partial charge in [-0.25, -0.2) is 9.97 Å². The fourth-order valence-electron chi connectivity index (χ4n) is 1.41. The van der Waals surface area contributed by atoms with Gasteiger partial charge in [0.1, 0.15) is 0 Å². The Morgan fingerprint density at radius 3 is 2.53 bits per heavy atom. The largest absolute Gasteiger partial charge is 0.415 e. The van der Waals surface area contributed by atoms with Crippen molar-refractivity contribution >= 4 is 11.3 Å². The van der Waals surface area contributed by atoms with Gasteiger partial charge in [-0.15, -0.1) is 21.5 Å². The van der Waals surface area contributed by atoms with E-state index in [1.165, 1.54) is 23.7 Å². The first-order chi connectivity index (χ1) is 9.24. The van der Waals surface area contributed by atoms with Gasteiger partial charge in [0.05, 0.1) is 10.4 Å². The third-order valence-electron chi connectivity index (χ3n) is 2.27. The molecule has 96 valence electrons. The minimum atomic E-state index is -2.78. The smallest absolute Gasteiger partial charge is 0.314 e. The molecule has 0 aliphatic heterocycles. The minimum absolute atomic E-state index is 0.0203. The molecule has 0 amide bonds. The molecule has 0 aromatic carbocycles. The molecule has 0 bridgehead atoms. The Morgan fingerprint density at radius 2 is 1.95 bits per heavy atom. The van der Waals surface area contributed by atoms with Gasteiger partial charge in [-0.05, 0) is 11.4 Å². The summed E-state index contributed by atoms with van der Waals surface area (Å²) in [6.07, 6.45) is 0.142. The molecule has 3 rings (SSSR count). The Morgan fingerprint density at radius 1 is 1.16 bits per heavy atom. The van der Waals surface area contributed by atoms with Gasteiger partial charge in [-0.2, -0.15) is 8.78 Å². The lowest BCUT2D eigenvalue weighted by molar-refractivity contribution is 0.116. The fraction of sp³-hybridized carbons (Fsp3) is 0.0909.